The van der Waals surface area contributed by atoms with E-state index in [9.17, 15) is 4.39 Å². The lowest BCUT2D eigenvalue weighted by Crippen LogP contribution is -2.33. The van der Waals surface area contributed by atoms with Gasteiger partial charge < -0.3 is 10.1 Å². The lowest BCUT2D eigenvalue weighted by atomic mass is 10.1. The van der Waals surface area contributed by atoms with E-state index in [4.69, 9.17) is 4.74 Å². The van der Waals surface area contributed by atoms with Gasteiger partial charge in [0.2, 0.25) is 0 Å². The summed E-state index contributed by atoms with van der Waals surface area (Å²) in [6.07, 6.45) is 5.43. The summed E-state index contributed by atoms with van der Waals surface area (Å²) >= 11 is 0. The molecule has 1 fully saturated rings. The molecule has 0 atom stereocenters. The number of nitrogens with zero attached hydrogens (tertiary/aromatic N) is 2. The normalized spacial score (nSPS) is 16.4. The van der Waals surface area contributed by atoms with Gasteiger partial charge >= 0.3 is 0 Å². The van der Waals surface area contributed by atoms with Crippen molar-refractivity contribution in [2.75, 3.05) is 26.2 Å². The second-order valence-electron chi connectivity index (χ2n) is 5.88. The Morgan fingerprint density at radius 3 is 2.81 bits per heavy atom. The van der Waals surface area contributed by atoms with Gasteiger partial charge in [-0.2, -0.15) is 0 Å². The third kappa shape index (κ3) is 5.25. The van der Waals surface area contributed by atoms with Crippen LogP contribution in [0.15, 0.2) is 12.3 Å². The molecule has 1 N–H and O–H groups in total. The van der Waals surface area contributed by atoms with Crippen LogP contribution < -0.4 is 10.1 Å². The van der Waals surface area contributed by atoms with Crippen molar-refractivity contribution >= 4 is 0 Å². The Bertz CT molecular complexity index is 434. The second-order valence-corrected chi connectivity index (χ2v) is 5.88. The van der Waals surface area contributed by atoms with Gasteiger partial charge in [0.15, 0.2) is 5.82 Å². The number of ether oxygens (including phenoxy) is 1. The fourth-order valence-electron chi connectivity index (χ4n) is 2.47. The lowest BCUT2D eigenvalue weighted by molar-refractivity contribution is 0.177. The predicted octanol–water partition coefficient (Wildman–Crippen LogP) is 2.58. The lowest BCUT2D eigenvalue weighted by Gasteiger charge is -2.26. The van der Waals surface area contributed by atoms with E-state index in [1.165, 1.54) is 19.3 Å². The van der Waals surface area contributed by atoms with Gasteiger partial charge in [-0.3, -0.25) is 4.90 Å². The average Bonchev–Trinajstić information content (AvgIpc) is 2.49. The maximum absolute atomic E-state index is 14.2. The Morgan fingerprint density at radius 2 is 2.10 bits per heavy atom. The van der Waals surface area contributed by atoms with Crippen molar-refractivity contribution in [2.24, 2.45) is 0 Å². The molecule has 118 valence electrons. The highest BCUT2D eigenvalue weighted by molar-refractivity contribution is 5.23. The highest BCUT2D eigenvalue weighted by Gasteiger charge is 2.13. The van der Waals surface area contributed by atoms with Crippen LogP contribution in [-0.4, -0.2) is 42.2 Å². The number of hydrogen-bond donors (Lipinski definition) is 1. The number of halogens is 1. The van der Waals surface area contributed by atoms with Crippen molar-refractivity contribution in [2.45, 2.75) is 45.7 Å². The highest BCUT2D eigenvalue weighted by Crippen LogP contribution is 2.17. The van der Waals surface area contributed by atoms with Crippen molar-refractivity contribution in [1.29, 1.82) is 0 Å². The summed E-state index contributed by atoms with van der Waals surface area (Å²) in [5.74, 6) is -0.223. The number of hydrogen-bond acceptors (Lipinski definition) is 4. The molecule has 21 heavy (non-hydrogen) atoms. The first-order valence-corrected chi connectivity index (χ1v) is 7.88. The molecule has 5 heteroatoms. The first-order valence-electron chi connectivity index (χ1n) is 7.88. The largest absolute Gasteiger partial charge is 0.474 e. The Labute approximate surface area is 126 Å². The number of pyridine rings is 1. The molecule has 1 saturated heterocycles. The van der Waals surface area contributed by atoms with Gasteiger partial charge in [-0.1, -0.05) is 20.3 Å². The van der Waals surface area contributed by atoms with Crippen LogP contribution in [0, 0.1) is 5.82 Å². The van der Waals surface area contributed by atoms with Gasteiger partial charge in [0.1, 0.15) is 6.61 Å². The Balaban J connectivity index is 1.83. The van der Waals surface area contributed by atoms with Gasteiger partial charge in [-0.25, -0.2) is 9.37 Å². The summed E-state index contributed by atoms with van der Waals surface area (Å²) in [4.78, 5) is 6.37. The molecular weight excluding hydrogens is 269 g/mol. The topological polar surface area (TPSA) is 37.4 Å². The molecule has 0 spiro atoms. The molecule has 2 heterocycles. The van der Waals surface area contributed by atoms with Crippen LogP contribution in [-0.2, 0) is 6.54 Å². The van der Waals surface area contributed by atoms with E-state index >= 15 is 0 Å². The molecular formula is C16H26FN3O. The summed E-state index contributed by atoms with van der Waals surface area (Å²) in [6, 6.07) is 2.02. The molecule has 1 aromatic heterocycles. The molecule has 0 aliphatic carbocycles. The van der Waals surface area contributed by atoms with Crippen molar-refractivity contribution in [3.8, 4) is 5.88 Å². The maximum atomic E-state index is 14.2. The van der Waals surface area contributed by atoms with Crippen LogP contribution in [0.5, 0.6) is 5.88 Å². The molecule has 2 rings (SSSR count). The van der Waals surface area contributed by atoms with E-state index in [2.05, 4.69) is 15.2 Å². The summed E-state index contributed by atoms with van der Waals surface area (Å²) < 4.78 is 19.8. The van der Waals surface area contributed by atoms with Crippen molar-refractivity contribution in [1.82, 2.24) is 15.2 Å². The third-order valence-electron chi connectivity index (χ3n) is 3.73. The first-order chi connectivity index (χ1) is 10.2. The molecule has 4 nitrogen and oxygen atoms in total. The quantitative estimate of drug-likeness (QED) is 0.839. The minimum absolute atomic E-state index is 0.120. The smallest absolute Gasteiger partial charge is 0.250 e. The standard InChI is InChI=1S/C16H26FN3O/c1-13(2)19-12-14-6-7-18-16(15(14)17)21-11-10-20-8-4-3-5-9-20/h6-7,13,19H,3-5,8-12H2,1-2H3. The average molecular weight is 295 g/mol. The van der Waals surface area contributed by atoms with Gasteiger partial charge in [-0.05, 0) is 32.0 Å². The van der Waals surface area contributed by atoms with E-state index in [-0.39, 0.29) is 11.7 Å². The van der Waals surface area contributed by atoms with E-state index in [1.807, 2.05) is 13.8 Å². The van der Waals surface area contributed by atoms with Crippen LogP contribution in [0.2, 0.25) is 0 Å². The second kappa shape index (κ2) is 8.29. The highest BCUT2D eigenvalue weighted by atomic mass is 19.1. The van der Waals surface area contributed by atoms with Crippen LogP contribution >= 0.6 is 0 Å². The maximum Gasteiger partial charge on any atom is 0.250 e. The van der Waals surface area contributed by atoms with Gasteiger partial charge in [0.25, 0.3) is 5.88 Å². The first kappa shape index (κ1) is 16.2. The number of nitrogens with one attached hydrogen (secondary N) is 1. The number of aromatic nitrogens is 1. The van der Waals surface area contributed by atoms with Crippen LogP contribution in [0.3, 0.4) is 0 Å². The molecule has 0 aromatic carbocycles. The monoisotopic (exact) mass is 295 g/mol. The Kier molecular flexibility index (Phi) is 6.39. The predicted molar refractivity (Wildman–Crippen MR) is 82.0 cm³/mol. The molecule has 0 amide bonds. The zero-order valence-electron chi connectivity index (χ0n) is 13.1. The van der Waals surface area contributed by atoms with Crippen molar-refractivity contribution < 1.29 is 9.13 Å². The number of likely N-dealkylation sites (tertiary alicyclic amines) is 1. The third-order valence-corrected chi connectivity index (χ3v) is 3.73. The minimum Gasteiger partial charge on any atom is -0.474 e. The Morgan fingerprint density at radius 1 is 1.33 bits per heavy atom. The van der Waals surface area contributed by atoms with E-state index in [0.29, 0.717) is 24.8 Å². The SMILES string of the molecule is CC(C)NCc1ccnc(OCCN2CCCCC2)c1F. The molecule has 0 unspecified atom stereocenters. The molecule has 0 bridgehead atoms. The summed E-state index contributed by atoms with van der Waals surface area (Å²) in [7, 11) is 0. The van der Waals surface area contributed by atoms with Gasteiger partial charge in [0, 0.05) is 30.9 Å². The van der Waals surface area contributed by atoms with Crippen molar-refractivity contribution in [3.63, 3.8) is 0 Å². The number of piperidine rings is 1. The van der Waals surface area contributed by atoms with Crippen molar-refractivity contribution in [3.05, 3.63) is 23.6 Å². The molecule has 1 aliphatic rings. The molecule has 1 aliphatic heterocycles. The fourth-order valence-corrected chi connectivity index (χ4v) is 2.47. The molecule has 1 aromatic rings. The van der Waals surface area contributed by atoms with E-state index in [0.717, 1.165) is 19.6 Å². The van der Waals surface area contributed by atoms with Gasteiger partial charge in [-0.15, -0.1) is 0 Å². The summed E-state index contributed by atoms with van der Waals surface area (Å²) in [6.45, 7) is 8.15. The van der Waals surface area contributed by atoms with E-state index in [1.54, 1.807) is 12.3 Å². The molecule has 0 saturated carbocycles. The summed E-state index contributed by atoms with van der Waals surface area (Å²) in [5.41, 5.74) is 0.603. The minimum atomic E-state index is -0.343. The fraction of sp³-hybridized carbons (Fsp3) is 0.688. The van der Waals surface area contributed by atoms with Crippen LogP contribution in [0.4, 0.5) is 4.39 Å². The summed E-state index contributed by atoms with van der Waals surface area (Å²) in [5, 5.41) is 3.21. The van der Waals surface area contributed by atoms with Gasteiger partial charge in [0.05, 0.1) is 0 Å². The zero-order valence-corrected chi connectivity index (χ0v) is 13.1. The van der Waals surface area contributed by atoms with Crippen LogP contribution in [0.25, 0.3) is 0 Å². The molecule has 0 radical (unpaired) electrons. The van der Waals surface area contributed by atoms with Crippen LogP contribution in [0.1, 0.15) is 38.7 Å². The van der Waals surface area contributed by atoms with E-state index < -0.39 is 0 Å². The zero-order chi connectivity index (χ0) is 15.1. The number of rotatable bonds is 7. The Hall–Kier alpha value is -1.20.